The molecular formula is C18H19N3O4S. The lowest BCUT2D eigenvalue weighted by molar-refractivity contribution is -0.117. The van der Waals surface area contributed by atoms with Crippen LogP contribution in [-0.2, 0) is 4.79 Å². The number of benzene rings is 1. The number of carbonyl (C=O) groups excluding carboxylic acids is 2. The minimum absolute atomic E-state index is 0.0736. The lowest BCUT2D eigenvalue weighted by atomic mass is 10.2. The molecule has 3 heterocycles. The molecule has 0 aliphatic carbocycles. The van der Waals surface area contributed by atoms with Gasteiger partial charge in [-0.2, -0.15) is 0 Å². The van der Waals surface area contributed by atoms with Gasteiger partial charge < -0.3 is 19.7 Å². The average Bonchev–Trinajstić information content (AvgIpc) is 3.33. The van der Waals surface area contributed by atoms with Gasteiger partial charge in [0.1, 0.15) is 0 Å². The van der Waals surface area contributed by atoms with Gasteiger partial charge in [-0.05, 0) is 23.6 Å². The zero-order chi connectivity index (χ0) is 17.9. The molecule has 1 N–H and O–H groups in total. The topological polar surface area (TPSA) is 71.1 Å². The first-order valence-corrected chi connectivity index (χ1v) is 9.32. The van der Waals surface area contributed by atoms with Gasteiger partial charge in [-0.15, -0.1) is 11.3 Å². The van der Waals surface area contributed by atoms with Gasteiger partial charge in [-0.3, -0.25) is 14.5 Å². The number of anilines is 1. The van der Waals surface area contributed by atoms with Gasteiger partial charge in [-0.25, -0.2) is 0 Å². The Morgan fingerprint density at radius 3 is 2.65 bits per heavy atom. The summed E-state index contributed by atoms with van der Waals surface area (Å²) in [5.74, 6) is 1.32. The van der Waals surface area contributed by atoms with Crippen LogP contribution in [0.15, 0.2) is 35.7 Å². The summed E-state index contributed by atoms with van der Waals surface area (Å²) < 4.78 is 10.6. The highest BCUT2D eigenvalue weighted by Gasteiger charge is 2.24. The lowest BCUT2D eigenvalue weighted by Gasteiger charge is -2.34. The summed E-state index contributed by atoms with van der Waals surface area (Å²) in [7, 11) is 0. The second kappa shape index (κ2) is 7.35. The quantitative estimate of drug-likeness (QED) is 0.886. The minimum atomic E-state index is -0.0816. The number of ether oxygens (including phenoxy) is 2. The molecule has 1 fully saturated rings. The second-order valence-electron chi connectivity index (χ2n) is 6.16. The third kappa shape index (κ3) is 3.66. The normalized spacial score (nSPS) is 16.5. The number of nitrogens with one attached hydrogen (secondary N) is 1. The first-order chi connectivity index (χ1) is 12.7. The van der Waals surface area contributed by atoms with E-state index in [1.807, 2.05) is 22.4 Å². The Morgan fingerprint density at radius 2 is 1.88 bits per heavy atom. The van der Waals surface area contributed by atoms with E-state index in [1.54, 1.807) is 18.2 Å². The third-order valence-corrected chi connectivity index (χ3v) is 5.27. The lowest BCUT2D eigenvalue weighted by Crippen LogP contribution is -2.50. The van der Waals surface area contributed by atoms with Crippen molar-refractivity contribution in [3.63, 3.8) is 0 Å². The SMILES string of the molecule is O=C(CN1CCN(C(=O)c2cccs2)CC1)Nc1ccc2c(c1)OCO2. The summed E-state index contributed by atoms with van der Waals surface area (Å²) in [6, 6.07) is 9.07. The molecule has 8 heteroatoms. The predicted octanol–water partition coefficient (Wildman–Crippen LogP) is 1.87. The molecule has 2 amide bonds. The van der Waals surface area contributed by atoms with Crippen LogP contribution in [0, 0.1) is 0 Å². The molecule has 0 bridgehead atoms. The van der Waals surface area contributed by atoms with E-state index in [2.05, 4.69) is 10.2 Å². The highest BCUT2D eigenvalue weighted by molar-refractivity contribution is 7.12. The van der Waals surface area contributed by atoms with E-state index in [1.165, 1.54) is 11.3 Å². The fraction of sp³-hybridized carbons (Fsp3) is 0.333. The van der Waals surface area contributed by atoms with Gasteiger partial charge >= 0.3 is 0 Å². The minimum Gasteiger partial charge on any atom is -0.454 e. The molecule has 7 nitrogen and oxygen atoms in total. The van der Waals surface area contributed by atoms with Crippen LogP contribution in [0.2, 0.25) is 0 Å². The monoisotopic (exact) mass is 373 g/mol. The Kier molecular flexibility index (Phi) is 4.77. The average molecular weight is 373 g/mol. The number of thiophene rings is 1. The Bertz CT molecular complexity index is 801. The van der Waals surface area contributed by atoms with E-state index < -0.39 is 0 Å². The molecule has 26 heavy (non-hydrogen) atoms. The molecule has 1 aromatic heterocycles. The largest absolute Gasteiger partial charge is 0.454 e. The summed E-state index contributed by atoms with van der Waals surface area (Å²) in [5, 5.41) is 4.79. The van der Waals surface area contributed by atoms with Crippen molar-refractivity contribution in [2.24, 2.45) is 0 Å². The molecule has 2 aliphatic rings. The fourth-order valence-electron chi connectivity index (χ4n) is 3.04. The van der Waals surface area contributed by atoms with E-state index in [4.69, 9.17) is 9.47 Å². The van der Waals surface area contributed by atoms with Crippen LogP contribution in [0.5, 0.6) is 11.5 Å². The van der Waals surface area contributed by atoms with Crippen molar-refractivity contribution in [1.82, 2.24) is 9.80 Å². The molecule has 4 rings (SSSR count). The van der Waals surface area contributed by atoms with Crippen molar-refractivity contribution in [2.45, 2.75) is 0 Å². The summed E-state index contributed by atoms with van der Waals surface area (Å²) in [5.41, 5.74) is 0.686. The molecule has 0 saturated carbocycles. The van der Waals surface area contributed by atoms with Crippen molar-refractivity contribution in [2.75, 3.05) is 44.8 Å². The van der Waals surface area contributed by atoms with Gasteiger partial charge in [0.15, 0.2) is 11.5 Å². The molecule has 0 spiro atoms. The Hall–Kier alpha value is -2.58. The summed E-state index contributed by atoms with van der Waals surface area (Å²) >= 11 is 1.46. The van der Waals surface area contributed by atoms with Crippen molar-refractivity contribution >= 4 is 28.8 Å². The maximum Gasteiger partial charge on any atom is 0.264 e. The molecule has 136 valence electrons. The van der Waals surface area contributed by atoms with Gasteiger partial charge in [0.25, 0.3) is 5.91 Å². The number of hydrogen-bond acceptors (Lipinski definition) is 6. The Morgan fingerprint density at radius 1 is 1.08 bits per heavy atom. The molecule has 0 radical (unpaired) electrons. The summed E-state index contributed by atoms with van der Waals surface area (Å²) in [6.07, 6.45) is 0. The van der Waals surface area contributed by atoms with Gasteiger partial charge in [0.2, 0.25) is 12.7 Å². The van der Waals surface area contributed by atoms with E-state index in [9.17, 15) is 9.59 Å². The Labute approximate surface area is 155 Å². The molecule has 1 saturated heterocycles. The maximum atomic E-state index is 12.3. The van der Waals surface area contributed by atoms with Crippen LogP contribution in [0.3, 0.4) is 0 Å². The standard InChI is InChI=1S/C18H19N3O4S/c22-17(19-13-3-4-14-15(10-13)25-12-24-14)11-20-5-7-21(8-6-20)18(23)16-2-1-9-26-16/h1-4,9-10H,5-8,11-12H2,(H,19,22). The number of amides is 2. The van der Waals surface area contributed by atoms with E-state index in [0.29, 0.717) is 49.9 Å². The van der Waals surface area contributed by atoms with Crippen LogP contribution in [0.1, 0.15) is 9.67 Å². The highest BCUT2D eigenvalue weighted by atomic mass is 32.1. The smallest absolute Gasteiger partial charge is 0.264 e. The summed E-state index contributed by atoms with van der Waals surface area (Å²) in [4.78, 5) is 29.3. The van der Waals surface area contributed by atoms with E-state index in [0.717, 1.165) is 4.88 Å². The van der Waals surface area contributed by atoms with Gasteiger partial charge in [0.05, 0.1) is 11.4 Å². The zero-order valence-corrected chi connectivity index (χ0v) is 15.0. The third-order valence-electron chi connectivity index (χ3n) is 4.42. The molecule has 0 unspecified atom stereocenters. The van der Waals surface area contributed by atoms with Crippen molar-refractivity contribution in [3.05, 3.63) is 40.6 Å². The Balaban J connectivity index is 1.26. The van der Waals surface area contributed by atoms with Crippen LogP contribution < -0.4 is 14.8 Å². The van der Waals surface area contributed by atoms with Crippen LogP contribution >= 0.6 is 11.3 Å². The fourth-order valence-corrected chi connectivity index (χ4v) is 3.73. The number of carbonyl (C=O) groups is 2. The van der Waals surface area contributed by atoms with Crippen molar-refractivity contribution in [3.8, 4) is 11.5 Å². The zero-order valence-electron chi connectivity index (χ0n) is 14.1. The first-order valence-electron chi connectivity index (χ1n) is 8.44. The first kappa shape index (κ1) is 16.9. The van der Waals surface area contributed by atoms with Gasteiger partial charge in [0, 0.05) is 37.9 Å². The number of fused-ring (bicyclic) bond motifs is 1. The van der Waals surface area contributed by atoms with Crippen LogP contribution in [0.25, 0.3) is 0 Å². The van der Waals surface area contributed by atoms with Crippen molar-refractivity contribution < 1.29 is 19.1 Å². The molecule has 0 atom stereocenters. The molecule has 2 aliphatic heterocycles. The van der Waals surface area contributed by atoms with Crippen LogP contribution in [0.4, 0.5) is 5.69 Å². The predicted molar refractivity (Wildman–Crippen MR) is 97.9 cm³/mol. The number of piperazine rings is 1. The molecular weight excluding hydrogens is 354 g/mol. The number of nitrogens with zero attached hydrogens (tertiary/aromatic N) is 2. The van der Waals surface area contributed by atoms with E-state index in [-0.39, 0.29) is 18.6 Å². The van der Waals surface area contributed by atoms with Crippen molar-refractivity contribution in [1.29, 1.82) is 0 Å². The number of hydrogen-bond donors (Lipinski definition) is 1. The molecule has 1 aromatic carbocycles. The maximum absolute atomic E-state index is 12.3. The summed E-state index contributed by atoms with van der Waals surface area (Å²) in [6.45, 7) is 3.15. The second-order valence-corrected chi connectivity index (χ2v) is 7.11. The van der Waals surface area contributed by atoms with Crippen LogP contribution in [-0.4, -0.2) is 61.1 Å². The molecule has 2 aromatic rings. The van der Waals surface area contributed by atoms with Gasteiger partial charge in [-0.1, -0.05) is 6.07 Å². The number of rotatable bonds is 4. The highest BCUT2D eigenvalue weighted by Crippen LogP contribution is 2.34. The van der Waals surface area contributed by atoms with E-state index >= 15 is 0 Å².